The Labute approximate surface area is 108 Å². The van der Waals surface area contributed by atoms with Gasteiger partial charge < -0.3 is 0 Å². The van der Waals surface area contributed by atoms with Crippen LogP contribution in [0, 0.1) is 0 Å². The van der Waals surface area contributed by atoms with Crippen LogP contribution < -0.4 is 0 Å². The molecule has 0 aliphatic carbocycles. The lowest BCUT2D eigenvalue weighted by atomic mass is 10.4. The van der Waals surface area contributed by atoms with E-state index in [2.05, 4.69) is 9.22 Å². The van der Waals surface area contributed by atoms with E-state index in [0.29, 0.717) is 0 Å². The number of rotatable bonds is 3. The highest BCUT2D eigenvalue weighted by molar-refractivity contribution is 7.87. The summed E-state index contributed by atoms with van der Waals surface area (Å²) in [5, 5.41) is 0. The normalized spacial score (nSPS) is 11.2. The number of hydrogen-bond acceptors (Lipinski definition) is 5. The molecule has 0 saturated carbocycles. The fourth-order valence-electron chi connectivity index (χ4n) is 0.565. The van der Waals surface area contributed by atoms with Crippen molar-refractivity contribution in [1.29, 1.82) is 0 Å². The van der Waals surface area contributed by atoms with E-state index in [1.807, 2.05) is 36.4 Å². The second-order valence-electron chi connectivity index (χ2n) is 2.93. The predicted octanol–water partition coefficient (Wildman–Crippen LogP) is 2.41. The molecule has 0 aliphatic heterocycles. The molecule has 108 valence electrons. The minimum Gasteiger partial charge on any atom is -0.281 e. The van der Waals surface area contributed by atoms with Gasteiger partial charge in [0.2, 0.25) is 0 Å². The second kappa shape index (κ2) is 7.74. The van der Waals surface area contributed by atoms with Crippen LogP contribution in [0.4, 0.5) is 13.2 Å². The Hall–Kier alpha value is -1.61. The number of carbonyl (C=O) groups excluding carboxylic acids is 1. The van der Waals surface area contributed by atoms with E-state index in [1.165, 1.54) is 6.92 Å². The van der Waals surface area contributed by atoms with E-state index >= 15 is 0 Å². The number of hydrogen-bond donors (Lipinski definition) is 0. The molecule has 9 heteroatoms. The molecule has 0 unspecified atom stereocenters. The van der Waals surface area contributed by atoms with Gasteiger partial charge in [-0.3, -0.25) is 4.89 Å². The Morgan fingerprint density at radius 2 is 1.42 bits per heavy atom. The molecule has 1 rings (SSSR count). The van der Waals surface area contributed by atoms with Crippen LogP contribution in [0.15, 0.2) is 36.4 Å². The van der Waals surface area contributed by atoms with Gasteiger partial charge in [0.05, 0.1) is 0 Å². The van der Waals surface area contributed by atoms with Crippen LogP contribution in [-0.4, -0.2) is 19.9 Å². The summed E-state index contributed by atoms with van der Waals surface area (Å²) in [6.45, 7) is 1.26. The highest BCUT2D eigenvalue weighted by Gasteiger charge is 2.49. The average Bonchev–Trinajstić information content (AvgIpc) is 2.37. The number of benzene rings is 1. The van der Waals surface area contributed by atoms with Crippen molar-refractivity contribution in [2.45, 2.75) is 18.9 Å². The molecule has 0 fully saturated rings. The second-order valence-corrected chi connectivity index (χ2v) is 4.44. The van der Waals surface area contributed by atoms with Crippen molar-refractivity contribution in [3.8, 4) is 0 Å². The van der Waals surface area contributed by atoms with Crippen LogP contribution in [0.2, 0.25) is 0 Å². The monoisotopic (exact) mass is 300 g/mol. The Kier molecular flexibility index (Phi) is 7.09. The molecule has 0 spiro atoms. The summed E-state index contributed by atoms with van der Waals surface area (Å²) >= 11 is 0. The molecule has 5 nitrogen and oxygen atoms in total. The van der Waals surface area contributed by atoms with Gasteiger partial charge in [-0.1, -0.05) is 43.3 Å². The van der Waals surface area contributed by atoms with Crippen LogP contribution in [0.25, 0.3) is 0 Å². The lowest BCUT2D eigenvalue weighted by molar-refractivity contribution is -0.217. The van der Waals surface area contributed by atoms with Gasteiger partial charge in [0, 0.05) is 6.42 Å². The lowest BCUT2D eigenvalue weighted by Crippen LogP contribution is -2.26. The summed E-state index contributed by atoms with van der Waals surface area (Å²) < 4.78 is 57.5. The first-order chi connectivity index (χ1) is 8.70. The van der Waals surface area contributed by atoms with E-state index in [1.54, 1.807) is 0 Å². The fraction of sp³-hybridized carbons (Fsp3) is 0.300. The third kappa shape index (κ3) is 7.42. The van der Waals surface area contributed by atoms with E-state index in [4.69, 9.17) is 0 Å². The zero-order valence-corrected chi connectivity index (χ0v) is 10.6. The zero-order valence-electron chi connectivity index (χ0n) is 9.75. The van der Waals surface area contributed by atoms with Gasteiger partial charge in [-0.15, -0.1) is 0 Å². The molecular weight excluding hydrogens is 289 g/mol. The SMILES string of the molecule is CCC(=O)OOS(=O)(=O)C(F)(F)F.c1ccccc1. The predicted molar refractivity (Wildman–Crippen MR) is 58.9 cm³/mol. The molecule has 1 aromatic rings. The Morgan fingerprint density at radius 3 is 1.68 bits per heavy atom. The van der Waals surface area contributed by atoms with Crippen molar-refractivity contribution >= 4 is 16.1 Å². The summed E-state index contributed by atoms with van der Waals surface area (Å²) in [6, 6.07) is 12.0. The molecule has 0 heterocycles. The largest absolute Gasteiger partial charge is 0.526 e. The summed E-state index contributed by atoms with van der Waals surface area (Å²) in [7, 11) is -5.85. The Balaban J connectivity index is 0.000000443. The van der Waals surface area contributed by atoms with Gasteiger partial charge >= 0.3 is 21.6 Å². The summed E-state index contributed by atoms with van der Waals surface area (Å²) in [4.78, 5) is 13.5. The first-order valence-electron chi connectivity index (χ1n) is 4.91. The molecule has 19 heavy (non-hydrogen) atoms. The molecule has 0 aliphatic rings. The van der Waals surface area contributed by atoms with Crippen LogP contribution in [0.3, 0.4) is 0 Å². The zero-order chi connectivity index (χ0) is 14.9. The van der Waals surface area contributed by atoms with Crippen LogP contribution in [-0.2, 0) is 24.1 Å². The maximum Gasteiger partial charge on any atom is 0.526 e. The number of carbonyl (C=O) groups is 1. The number of halogens is 3. The maximum atomic E-state index is 11.5. The Morgan fingerprint density at radius 1 is 1.05 bits per heavy atom. The first kappa shape index (κ1) is 17.4. The first-order valence-corrected chi connectivity index (χ1v) is 6.31. The maximum absolute atomic E-state index is 11.5. The van der Waals surface area contributed by atoms with Gasteiger partial charge in [0.1, 0.15) is 0 Å². The van der Waals surface area contributed by atoms with Crippen molar-refractivity contribution in [3.63, 3.8) is 0 Å². The highest BCUT2D eigenvalue weighted by atomic mass is 32.2. The molecule has 0 atom stereocenters. The minimum absolute atomic E-state index is 0.298. The van der Waals surface area contributed by atoms with Crippen LogP contribution >= 0.6 is 0 Å². The van der Waals surface area contributed by atoms with Gasteiger partial charge in [-0.2, -0.15) is 21.6 Å². The van der Waals surface area contributed by atoms with Crippen molar-refractivity contribution in [2.75, 3.05) is 0 Å². The molecule has 0 saturated heterocycles. The van der Waals surface area contributed by atoms with Crippen LogP contribution in [0.1, 0.15) is 13.3 Å². The lowest BCUT2D eigenvalue weighted by Gasteiger charge is -2.05. The molecular formula is C10H11F3O5S. The molecule has 0 radical (unpaired) electrons. The van der Waals surface area contributed by atoms with Crippen molar-refractivity contribution < 1.29 is 35.6 Å². The van der Waals surface area contributed by atoms with E-state index in [-0.39, 0.29) is 6.42 Å². The van der Waals surface area contributed by atoms with Gasteiger partial charge in [0.15, 0.2) is 0 Å². The molecule has 0 aromatic heterocycles. The van der Waals surface area contributed by atoms with Gasteiger partial charge in [0.25, 0.3) is 0 Å². The Bertz CT molecular complexity index is 443. The smallest absolute Gasteiger partial charge is 0.281 e. The fourth-order valence-corrected chi connectivity index (χ4v) is 0.808. The quantitative estimate of drug-likeness (QED) is 0.487. The summed E-state index contributed by atoms with van der Waals surface area (Å²) in [5.74, 6) is -1.21. The van der Waals surface area contributed by atoms with Gasteiger partial charge in [-0.25, -0.2) is 4.79 Å². The molecule has 0 bridgehead atoms. The standard InChI is InChI=1S/C6H6.C4H5F3O5S/c1-2-4-6-5-3-1;1-2-3(8)11-12-13(9,10)4(5,6)7/h1-6H;2H2,1H3. The molecule has 0 N–H and O–H groups in total. The third-order valence-corrected chi connectivity index (χ3v) is 2.27. The minimum atomic E-state index is -5.85. The van der Waals surface area contributed by atoms with Gasteiger partial charge in [-0.05, 0) is 4.33 Å². The van der Waals surface area contributed by atoms with Crippen LogP contribution in [0.5, 0.6) is 0 Å². The molecule has 0 amide bonds. The van der Waals surface area contributed by atoms with Crippen molar-refractivity contribution in [2.24, 2.45) is 0 Å². The highest BCUT2D eigenvalue weighted by Crippen LogP contribution is 2.24. The number of alkyl halides is 3. The topological polar surface area (TPSA) is 69.7 Å². The van der Waals surface area contributed by atoms with E-state index in [9.17, 15) is 26.4 Å². The van der Waals surface area contributed by atoms with E-state index < -0.39 is 21.6 Å². The molecule has 1 aromatic carbocycles. The third-order valence-electron chi connectivity index (χ3n) is 1.46. The summed E-state index contributed by atoms with van der Waals surface area (Å²) in [6.07, 6.45) is -0.298. The summed E-state index contributed by atoms with van der Waals surface area (Å²) in [5.41, 5.74) is -5.60. The van der Waals surface area contributed by atoms with E-state index in [0.717, 1.165) is 0 Å². The average molecular weight is 300 g/mol. The van der Waals surface area contributed by atoms with Crippen molar-refractivity contribution in [1.82, 2.24) is 0 Å². The van der Waals surface area contributed by atoms with Crippen molar-refractivity contribution in [3.05, 3.63) is 36.4 Å².